The van der Waals surface area contributed by atoms with Gasteiger partial charge in [-0.15, -0.1) is 12.4 Å². The van der Waals surface area contributed by atoms with Crippen LogP contribution in [0.2, 0.25) is 0 Å². The first-order chi connectivity index (χ1) is 9.19. The molecule has 0 aliphatic carbocycles. The van der Waals surface area contributed by atoms with Crippen molar-refractivity contribution < 1.29 is 13.9 Å². The van der Waals surface area contributed by atoms with E-state index in [2.05, 4.69) is 5.32 Å². The van der Waals surface area contributed by atoms with Crippen molar-refractivity contribution in [1.29, 1.82) is 0 Å². The van der Waals surface area contributed by atoms with Crippen molar-refractivity contribution in [3.63, 3.8) is 0 Å². The monoisotopic (exact) mass is 300 g/mol. The number of amides is 1. The summed E-state index contributed by atoms with van der Waals surface area (Å²) in [4.78, 5) is 14.1. The lowest BCUT2D eigenvalue weighted by atomic mass is 10.1. The van der Waals surface area contributed by atoms with Crippen LogP contribution in [0, 0.1) is 0 Å². The number of ether oxygens (including phenoxy) is 1. The van der Waals surface area contributed by atoms with Crippen LogP contribution in [0.25, 0.3) is 0 Å². The van der Waals surface area contributed by atoms with E-state index in [0.29, 0.717) is 6.54 Å². The van der Waals surface area contributed by atoms with Crippen LogP contribution in [0.4, 0.5) is 10.1 Å². The van der Waals surface area contributed by atoms with Gasteiger partial charge < -0.3 is 15.0 Å². The molecule has 2 atom stereocenters. The standard InChI is InChI=1S/C14H17FN2O2.ClH/c1-19-11-2-3-13-9(6-11)4-5-17(13)14(18)12-7-10(15)8-16-12;/h2-3,6,10,12,16H,4-5,7-8H2,1H3;1H/t10-,12+;/m0./s1. The molecule has 1 aromatic carbocycles. The summed E-state index contributed by atoms with van der Waals surface area (Å²) in [7, 11) is 1.63. The highest BCUT2D eigenvalue weighted by molar-refractivity contribution is 5.99. The van der Waals surface area contributed by atoms with Crippen LogP contribution in [-0.4, -0.2) is 38.3 Å². The average molecular weight is 301 g/mol. The third-order valence-electron chi connectivity index (χ3n) is 3.82. The van der Waals surface area contributed by atoms with E-state index >= 15 is 0 Å². The van der Waals surface area contributed by atoms with Crippen LogP contribution < -0.4 is 15.0 Å². The number of benzene rings is 1. The van der Waals surface area contributed by atoms with Gasteiger partial charge in [0.1, 0.15) is 11.9 Å². The van der Waals surface area contributed by atoms with Crippen molar-refractivity contribution in [2.75, 3.05) is 25.1 Å². The number of hydrogen-bond donors (Lipinski definition) is 1. The third-order valence-corrected chi connectivity index (χ3v) is 3.82. The fraction of sp³-hybridized carbons (Fsp3) is 0.500. The van der Waals surface area contributed by atoms with Crippen molar-refractivity contribution >= 4 is 24.0 Å². The molecule has 0 spiro atoms. The number of fused-ring (bicyclic) bond motifs is 1. The molecule has 0 bridgehead atoms. The molecule has 2 aliphatic heterocycles. The number of methoxy groups -OCH3 is 1. The molecule has 20 heavy (non-hydrogen) atoms. The lowest BCUT2D eigenvalue weighted by Gasteiger charge is -2.21. The first-order valence-corrected chi connectivity index (χ1v) is 6.55. The fourth-order valence-corrected chi connectivity index (χ4v) is 2.80. The van der Waals surface area contributed by atoms with Crippen molar-refractivity contribution in [1.82, 2.24) is 5.32 Å². The Balaban J connectivity index is 0.00000147. The number of anilines is 1. The maximum Gasteiger partial charge on any atom is 0.244 e. The number of hydrogen-bond acceptors (Lipinski definition) is 3. The van der Waals surface area contributed by atoms with Crippen molar-refractivity contribution in [3.05, 3.63) is 23.8 Å². The molecule has 1 saturated heterocycles. The molecule has 2 aliphatic rings. The molecule has 1 aromatic rings. The first kappa shape index (κ1) is 15.1. The molecule has 3 rings (SSSR count). The molecular formula is C14H18ClFN2O2. The van der Waals surface area contributed by atoms with Crippen LogP contribution in [-0.2, 0) is 11.2 Å². The predicted molar refractivity (Wildman–Crippen MR) is 77.6 cm³/mol. The van der Waals surface area contributed by atoms with Crippen LogP contribution in [0.1, 0.15) is 12.0 Å². The minimum Gasteiger partial charge on any atom is -0.497 e. The Morgan fingerprint density at radius 3 is 2.95 bits per heavy atom. The number of nitrogens with zero attached hydrogens (tertiary/aromatic N) is 1. The summed E-state index contributed by atoms with van der Waals surface area (Å²) < 4.78 is 18.3. The van der Waals surface area contributed by atoms with Gasteiger partial charge in [0.2, 0.25) is 5.91 Å². The summed E-state index contributed by atoms with van der Waals surface area (Å²) in [5, 5.41) is 2.95. The number of carbonyl (C=O) groups excluding carboxylic acids is 1. The van der Waals surface area contributed by atoms with Gasteiger partial charge in [-0.25, -0.2) is 4.39 Å². The Kier molecular flexibility index (Phi) is 4.50. The van der Waals surface area contributed by atoms with E-state index < -0.39 is 6.17 Å². The lowest BCUT2D eigenvalue weighted by Crippen LogP contribution is -2.42. The average Bonchev–Trinajstić information content (AvgIpc) is 3.03. The van der Waals surface area contributed by atoms with Crippen LogP contribution in [0.15, 0.2) is 18.2 Å². The summed E-state index contributed by atoms with van der Waals surface area (Å²) in [6, 6.07) is 5.33. The van der Waals surface area contributed by atoms with Crippen molar-refractivity contribution in [2.24, 2.45) is 0 Å². The maximum atomic E-state index is 13.2. The van der Waals surface area contributed by atoms with Crippen LogP contribution in [0.3, 0.4) is 0 Å². The van der Waals surface area contributed by atoms with Gasteiger partial charge in [-0.05, 0) is 30.2 Å². The Bertz CT molecular complexity index is 512. The van der Waals surface area contributed by atoms with Gasteiger partial charge in [0, 0.05) is 25.2 Å². The fourth-order valence-electron chi connectivity index (χ4n) is 2.80. The zero-order valence-electron chi connectivity index (χ0n) is 11.3. The van der Waals surface area contributed by atoms with E-state index in [0.717, 1.165) is 23.4 Å². The zero-order valence-corrected chi connectivity index (χ0v) is 12.1. The molecule has 2 heterocycles. The third kappa shape index (κ3) is 2.60. The maximum absolute atomic E-state index is 13.2. The van der Waals surface area contributed by atoms with Crippen LogP contribution in [0.5, 0.6) is 5.75 Å². The smallest absolute Gasteiger partial charge is 0.244 e. The van der Waals surface area contributed by atoms with E-state index in [1.54, 1.807) is 12.0 Å². The second-order valence-corrected chi connectivity index (χ2v) is 5.03. The zero-order chi connectivity index (χ0) is 13.4. The van der Waals surface area contributed by atoms with Crippen molar-refractivity contribution in [3.8, 4) is 5.75 Å². The Morgan fingerprint density at radius 1 is 1.50 bits per heavy atom. The number of carbonyl (C=O) groups is 1. The normalized spacial score (nSPS) is 24.2. The highest BCUT2D eigenvalue weighted by Gasteiger charge is 2.35. The molecule has 0 saturated carbocycles. The number of rotatable bonds is 2. The highest BCUT2D eigenvalue weighted by atomic mass is 35.5. The minimum atomic E-state index is -0.910. The number of halogens is 2. The van der Waals surface area contributed by atoms with Gasteiger partial charge in [0.05, 0.1) is 13.2 Å². The topological polar surface area (TPSA) is 41.6 Å². The van der Waals surface area contributed by atoms with Gasteiger partial charge in [0.15, 0.2) is 0 Å². The van der Waals surface area contributed by atoms with Crippen LogP contribution >= 0.6 is 12.4 Å². The number of alkyl halides is 1. The second kappa shape index (κ2) is 5.97. The molecule has 1 N–H and O–H groups in total. The van der Waals surface area contributed by atoms with Gasteiger partial charge in [0.25, 0.3) is 0 Å². The minimum absolute atomic E-state index is 0. The van der Waals surface area contributed by atoms with E-state index in [1.807, 2.05) is 18.2 Å². The summed E-state index contributed by atoms with van der Waals surface area (Å²) >= 11 is 0. The van der Waals surface area contributed by atoms with Gasteiger partial charge in [-0.2, -0.15) is 0 Å². The Morgan fingerprint density at radius 2 is 2.30 bits per heavy atom. The van der Waals surface area contributed by atoms with Gasteiger partial charge in [-0.3, -0.25) is 4.79 Å². The molecule has 4 nitrogen and oxygen atoms in total. The Labute approximate surface area is 123 Å². The second-order valence-electron chi connectivity index (χ2n) is 5.03. The molecule has 1 fully saturated rings. The lowest BCUT2D eigenvalue weighted by molar-refractivity contribution is -0.120. The first-order valence-electron chi connectivity index (χ1n) is 6.55. The van der Waals surface area contributed by atoms with Gasteiger partial charge in [-0.1, -0.05) is 0 Å². The Hall–Kier alpha value is -1.33. The SMILES string of the molecule is COc1ccc2c(c1)CCN2C(=O)[C@H]1C[C@H](F)CN1.Cl. The summed E-state index contributed by atoms with van der Waals surface area (Å²) in [6.45, 7) is 0.941. The molecule has 0 aromatic heterocycles. The predicted octanol–water partition coefficient (Wildman–Crippen LogP) is 1.71. The molecule has 1 amide bonds. The van der Waals surface area contributed by atoms with E-state index in [4.69, 9.17) is 4.74 Å². The highest BCUT2D eigenvalue weighted by Crippen LogP contribution is 2.32. The number of nitrogens with one attached hydrogen (secondary N) is 1. The summed E-state index contributed by atoms with van der Waals surface area (Å²) in [6.07, 6.45) is 0.192. The van der Waals surface area contributed by atoms with E-state index in [1.165, 1.54) is 0 Å². The van der Waals surface area contributed by atoms with Gasteiger partial charge >= 0.3 is 0 Å². The van der Waals surface area contributed by atoms with E-state index in [9.17, 15) is 9.18 Å². The van der Waals surface area contributed by atoms with E-state index in [-0.39, 0.29) is 37.3 Å². The largest absolute Gasteiger partial charge is 0.497 e. The molecule has 0 radical (unpaired) electrons. The summed E-state index contributed by atoms with van der Waals surface area (Å²) in [5.74, 6) is 0.778. The molecule has 0 unspecified atom stereocenters. The van der Waals surface area contributed by atoms with Crippen molar-refractivity contribution in [2.45, 2.75) is 25.1 Å². The summed E-state index contributed by atoms with van der Waals surface area (Å²) in [5.41, 5.74) is 2.04. The quantitative estimate of drug-likeness (QED) is 0.904. The molecule has 6 heteroatoms. The molecule has 110 valence electrons. The molecular weight excluding hydrogens is 283 g/mol.